The first-order chi connectivity index (χ1) is 9.87. The Labute approximate surface area is 131 Å². The maximum atomic E-state index is 12.1. The van der Waals surface area contributed by atoms with Crippen LogP contribution in [0.25, 0.3) is 0 Å². The molecular weight excluding hydrogens is 356 g/mol. The zero-order chi connectivity index (χ0) is 15.5. The van der Waals surface area contributed by atoms with Gasteiger partial charge in [-0.3, -0.25) is 4.79 Å². The van der Waals surface area contributed by atoms with Crippen molar-refractivity contribution >= 4 is 43.0 Å². The number of sulfone groups is 1. The highest BCUT2D eigenvalue weighted by Gasteiger charge is 2.19. The van der Waals surface area contributed by atoms with Crippen LogP contribution in [0.3, 0.4) is 0 Å². The first kappa shape index (κ1) is 15.5. The summed E-state index contributed by atoms with van der Waals surface area (Å²) in [7, 11) is -3.69. The molecule has 21 heavy (non-hydrogen) atoms. The summed E-state index contributed by atoms with van der Waals surface area (Å²) >= 11 is 3.20. The molecule has 5 nitrogen and oxygen atoms in total. The topological polar surface area (TPSA) is 89.3 Å². The predicted molar refractivity (Wildman–Crippen MR) is 85.7 cm³/mol. The fraction of sp³-hybridized carbons (Fsp3) is 0.0714. The highest BCUT2D eigenvalue weighted by molar-refractivity contribution is 9.10. The van der Waals surface area contributed by atoms with Crippen LogP contribution in [0.4, 0.5) is 11.4 Å². The summed E-state index contributed by atoms with van der Waals surface area (Å²) in [4.78, 5) is 12.0. The van der Waals surface area contributed by atoms with Crippen LogP contribution in [0.15, 0.2) is 57.9 Å². The Morgan fingerprint density at radius 3 is 2.52 bits per heavy atom. The van der Waals surface area contributed by atoms with Crippen molar-refractivity contribution in [1.82, 2.24) is 0 Å². The largest absolute Gasteiger partial charge is 0.399 e. The smallest absolute Gasteiger partial charge is 0.239 e. The summed E-state index contributed by atoms with van der Waals surface area (Å²) in [5, 5.41) is 2.51. The fourth-order valence-electron chi connectivity index (χ4n) is 1.73. The molecule has 0 bridgehead atoms. The summed E-state index contributed by atoms with van der Waals surface area (Å²) in [6.07, 6.45) is 0. The third-order valence-electron chi connectivity index (χ3n) is 2.65. The van der Waals surface area contributed by atoms with Crippen LogP contribution in [0.5, 0.6) is 0 Å². The van der Waals surface area contributed by atoms with Gasteiger partial charge in [-0.1, -0.05) is 28.1 Å². The second-order valence-electron chi connectivity index (χ2n) is 4.39. The zero-order valence-electron chi connectivity index (χ0n) is 10.9. The number of halogens is 1. The van der Waals surface area contributed by atoms with E-state index in [0.29, 0.717) is 15.8 Å². The van der Waals surface area contributed by atoms with Crippen LogP contribution >= 0.6 is 15.9 Å². The number of anilines is 2. The molecule has 0 spiro atoms. The van der Waals surface area contributed by atoms with Crippen molar-refractivity contribution in [2.24, 2.45) is 0 Å². The average molecular weight is 369 g/mol. The Kier molecular flexibility index (Phi) is 4.64. The lowest BCUT2D eigenvalue weighted by atomic mass is 10.3. The molecule has 0 saturated heterocycles. The van der Waals surface area contributed by atoms with Gasteiger partial charge in [-0.05, 0) is 36.4 Å². The molecule has 0 aliphatic heterocycles. The highest BCUT2D eigenvalue weighted by atomic mass is 79.9. The molecular formula is C14H13BrN2O3S. The molecule has 0 aromatic heterocycles. The van der Waals surface area contributed by atoms with Crippen molar-refractivity contribution in [3.05, 3.63) is 53.0 Å². The van der Waals surface area contributed by atoms with Crippen molar-refractivity contribution in [2.45, 2.75) is 4.90 Å². The number of carbonyl (C=O) groups excluding carboxylic acids is 1. The lowest BCUT2D eigenvalue weighted by Gasteiger charge is -2.07. The Morgan fingerprint density at radius 2 is 1.86 bits per heavy atom. The predicted octanol–water partition coefficient (Wildman–Crippen LogP) is 2.44. The molecule has 0 unspecified atom stereocenters. The molecule has 110 valence electrons. The first-order valence-electron chi connectivity index (χ1n) is 6.00. The minimum Gasteiger partial charge on any atom is -0.399 e. The van der Waals surface area contributed by atoms with E-state index in [9.17, 15) is 13.2 Å². The molecule has 0 aliphatic carbocycles. The first-order valence-corrected chi connectivity index (χ1v) is 8.45. The summed E-state index contributed by atoms with van der Waals surface area (Å²) in [6, 6.07) is 12.8. The molecule has 0 fully saturated rings. The lowest BCUT2D eigenvalue weighted by Crippen LogP contribution is -2.23. The monoisotopic (exact) mass is 368 g/mol. The van der Waals surface area contributed by atoms with E-state index in [4.69, 9.17) is 5.73 Å². The molecule has 2 aromatic rings. The quantitative estimate of drug-likeness (QED) is 0.811. The molecule has 0 atom stereocenters. The van der Waals surface area contributed by atoms with Gasteiger partial charge < -0.3 is 11.1 Å². The number of benzene rings is 2. The van der Waals surface area contributed by atoms with E-state index >= 15 is 0 Å². The second kappa shape index (κ2) is 6.28. The third-order valence-corrected chi connectivity index (χ3v) is 4.75. The Balaban J connectivity index is 2.12. The maximum Gasteiger partial charge on any atom is 0.239 e. The van der Waals surface area contributed by atoms with Gasteiger partial charge in [0.25, 0.3) is 0 Å². The van der Waals surface area contributed by atoms with Gasteiger partial charge in [0.2, 0.25) is 5.91 Å². The van der Waals surface area contributed by atoms with Crippen LogP contribution < -0.4 is 11.1 Å². The summed E-state index contributed by atoms with van der Waals surface area (Å²) in [6.45, 7) is 0. The minimum atomic E-state index is -3.69. The maximum absolute atomic E-state index is 12.1. The Bertz CT molecular complexity index is 775. The van der Waals surface area contributed by atoms with Crippen LogP contribution in [0, 0.1) is 0 Å². The van der Waals surface area contributed by atoms with E-state index in [1.165, 1.54) is 12.1 Å². The van der Waals surface area contributed by atoms with Crippen molar-refractivity contribution in [1.29, 1.82) is 0 Å². The van der Waals surface area contributed by atoms with Crippen molar-refractivity contribution in [2.75, 3.05) is 16.8 Å². The van der Waals surface area contributed by atoms with E-state index < -0.39 is 21.5 Å². The molecule has 0 saturated carbocycles. The Morgan fingerprint density at radius 1 is 1.14 bits per heavy atom. The van der Waals surface area contributed by atoms with Crippen LogP contribution in [0.2, 0.25) is 0 Å². The number of nitrogens with two attached hydrogens (primary N) is 1. The molecule has 2 aromatic carbocycles. The third kappa shape index (κ3) is 4.30. The van der Waals surface area contributed by atoms with Crippen LogP contribution in [-0.2, 0) is 14.6 Å². The summed E-state index contributed by atoms with van der Waals surface area (Å²) < 4.78 is 24.9. The van der Waals surface area contributed by atoms with Crippen molar-refractivity contribution in [3.8, 4) is 0 Å². The van der Waals surface area contributed by atoms with E-state index in [2.05, 4.69) is 21.2 Å². The van der Waals surface area contributed by atoms with Gasteiger partial charge in [-0.25, -0.2) is 8.42 Å². The number of rotatable bonds is 4. The molecule has 1 amide bonds. The normalized spacial score (nSPS) is 11.1. The molecule has 0 aliphatic rings. The average Bonchev–Trinajstić information content (AvgIpc) is 2.37. The number of amides is 1. The van der Waals surface area contributed by atoms with Gasteiger partial charge in [0, 0.05) is 15.8 Å². The van der Waals surface area contributed by atoms with Gasteiger partial charge in [0.15, 0.2) is 9.84 Å². The fourth-order valence-corrected chi connectivity index (χ4v) is 3.46. The van der Waals surface area contributed by atoms with Gasteiger partial charge in [-0.2, -0.15) is 0 Å². The second-order valence-corrected chi connectivity index (χ2v) is 7.30. The van der Waals surface area contributed by atoms with Gasteiger partial charge >= 0.3 is 0 Å². The van der Waals surface area contributed by atoms with Gasteiger partial charge in [0.1, 0.15) is 5.75 Å². The Hall–Kier alpha value is -1.86. The number of carbonyl (C=O) groups is 1. The molecule has 7 heteroatoms. The lowest BCUT2D eigenvalue weighted by molar-refractivity contribution is -0.113. The highest BCUT2D eigenvalue weighted by Crippen LogP contribution is 2.18. The van der Waals surface area contributed by atoms with Gasteiger partial charge in [-0.15, -0.1) is 0 Å². The summed E-state index contributed by atoms with van der Waals surface area (Å²) in [5.41, 5.74) is 6.55. The minimum absolute atomic E-state index is 0.0969. The van der Waals surface area contributed by atoms with Crippen molar-refractivity contribution < 1.29 is 13.2 Å². The number of hydrogen-bond donors (Lipinski definition) is 2. The van der Waals surface area contributed by atoms with E-state index in [0.717, 1.165) is 0 Å². The molecule has 3 N–H and O–H groups in total. The van der Waals surface area contributed by atoms with Crippen LogP contribution in [-0.4, -0.2) is 20.1 Å². The van der Waals surface area contributed by atoms with E-state index in [-0.39, 0.29) is 4.90 Å². The zero-order valence-corrected chi connectivity index (χ0v) is 13.3. The van der Waals surface area contributed by atoms with Crippen LogP contribution in [0.1, 0.15) is 0 Å². The van der Waals surface area contributed by atoms with E-state index in [1.807, 2.05) is 0 Å². The molecule has 0 radical (unpaired) electrons. The van der Waals surface area contributed by atoms with Gasteiger partial charge in [0.05, 0.1) is 4.90 Å². The number of nitrogens with one attached hydrogen (secondary N) is 1. The standard InChI is InChI=1S/C14H13BrN2O3S/c15-10-3-1-6-13(7-10)21(19,20)9-14(18)17-12-5-2-4-11(16)8-12/h1-8H,9,16H2,(H,17,18). The summed E-state index contributed by atoms with van der Waals surface area (Å²) in [5.74, 6) is -1.24. The number of hydrogen-bond acceptors (Lipinski definition) is 4. The molecule has 0 heterocycles. The van der Waals surface area contributed by atoms with Crippen molar-refractivity contribution in [3.63, 3.8) is 0 Å². The molecule has 2 rings (SSSR count). The number of nitrogen functional groups attached to an aromatic ring is 1. The van der Waals surface area contributed by atoms with E-state index in [1.54, 1.807) is 36.4 Å². The SMILES string of the molecule is Nc1cccc(NC(=O)CS(=O)(=O)c2cccc(Br)c2)c1.